The Morgan fingerprint density at radius 1 is 1.50 bits per heavy atom. The van der Waals surface area contributed by atoms with Crippen molar-refractivity contribution < 1.29 is 8.78 Å². The van der Waals surface area contributed by atoms with Crippen molar-refractivity contribution in [2.75, 3.05) is 0 Å². The maximum absolute atomic E-state index is 11.9. The zero-order chi connectivity index (χ0) is 6.78. The summed E-state index contributed by atoms with van der Waals surface area (Å²) in [4.78, 5) is 0. The molecule has 3 heteroatoms. The van der Waals surface area contributed by atoms with Crippen molar-refractivity contribution in [2.24, 2.45) is 5.92 Å². The van der Waals surface area contributed by atoms with Gasteiger partial charge in [0.15, 0.2) is 0 Å². The fraction of sp³-hybridized carbons (Fsp3) is 1.00. The highest BCUT2D eigenvalue weighted by molar-refractivity contribution is 7.18. The van der Waals surface area contributed by atoms with Crippen LogP contribution in [0.4, 0.5) is 8.78 Å². The van der Waals surface area contributed by atoms with Gasteiger partial charge in [-0.3, -0.25) is 0 Å². The van der Waals surface area contributed by atoms with Crippen molar-refractivity contribution in [2.45, 2.75) is 25.9 Å². The third-order valence-electron chi connectivity index (χ3n) is 0.680. The molecule has 0 amide bonds. The summed E-state index contributed by atoms with van der Waals surface area (Å²) < 4.78 is 23.9. The summed E-state index contributed by atoms with van der Waals surface area (Å²) in [6, 6.07) is 0. The second kappa shape index (κ2) is 2.72. The Kier molecular flexibility index (Phi) is 2.82. The molecular weight excluding hydrogens is 129 g/mol. The summed E-state index contributed by atoms with van der Waals surface area (Å²) in [6.07, 6.45) is -0.0440. The van der Waals surface area contributed by atoms with Gasteiger partial charge in [-0.15, -0.1) is 0 Å². The van der Waals surface area contributed by atoms with Gasteiger partial charge in [0.05, 0.1) is 0 Å². The molecule has 0 aromatic heterocycles. The first-order valence-electron chi connectivity index (χ1n) is 2.58. The SMILES string of the molecule is CC(C)CC(F)(F)P. The van der Waals surface area contributed by atoms with Crippen LogP contribution in [0.1, 0.15) is 20.3 Å². The number of halogens is 2. The van der Waals surface area contributed by atoms with Gasteiger partial charge in [-0.25, -0.2) is 8.78 Å². The summed E-state index contributed by atoms with van der Waals surface area (Å²) >= 11 is 0. The van der Waals surface area contributed by atoms with Crippen LogP contribution >= 0.6 is 9.24 Å². The summed E-state index contributed by atoms with van der Waals surface area (Å²) in [5, 5.41) is 0. The normalized spacial score (nSPS) is 12.8. The predicted octanol–water partition coefficient (Wildman–Crippen LogP) is 2.50. The van der Waals surface area contributed by atoms with E-state index in [4.69, 9.17) is 0 Å². The first kappa shape index (κ1) is 8.29. The Balaban J connectivity index is 3.39. The van der Waals surface area contributed by atoms with Gasteiger partial charge in [0, 0.05) is 6.42 Å². The highest BCUT2D eigenvalue weighted by Gasteiger charge is 2.21. The van der Waals surface area contributed by atoms with Crippen LogP contribution in [0.15, 0.2) is 0 Å². The van der Waals surface area contributed by atoms with E-state index in [2.05, 4.69) is 0 Å². The van der Waals surface area contributed by atoms with Crippen molar-refractivity contribution in [3.63, 3.8) is 0 Å². The molecule has 0 bridgehead atoms. The van der Waals surface area contributed by atoms with E-state index in [0.29, 0.717) is 0 Å². The van der Waals surface area contributed by atoms with Crippen LogP contribution in [-0.4, -0.2) is 5.66 Å². The molecule has 0 aromatic carbocycles. The molecule has 1 unspecified atom stereocenters. The zero-order valence-electron chi connectivity index (χ0n) is 5.12. The molecule has 0 aliphatic rings. The van der Waals surface area contributed by atoms with E-state index in [1.54, 1.807) is 13.8 Å². The van der Waals surface area contributed by atoms with Gasteiger partial charge in [0.2, 0.25) is 0 Å². The van der Waals surface area contributed by atoms with Crippen LogP contribution in [0.3, 0.4) is 0 Å². The standard InChI is InChI=1S/C5H11F2P/c1-4(2)3-5(6,7)8/h4H,3,8H2,1-2H3. The van der Waals surface area contributed by atoms with Crippen LogP contribution < -0.4 is 0 Å². The quantitative estimate of drug-likeness (QED) is 0.517. The van der Waals surface area contributed by atoms with Gasteiger partial charge in [0.25, 0.3) is 5.66 Å². The first-order chi connectivity index (χ1) is 3.42. The van der Waals surface area contributed by atoms with Crippen LogP contribution in [0.2, 0.25) is 0 Å². The molecule has 0 aliphatic heterocycles. The van der Waals surface area contributed by atoms with Gasteiger partial charge in [-0.05, 0) is 5.92 Å². The van der Waals surface area contributed by atoms with Crippen molar-refractivity contribution in [3.8, 4) is 0 Å². The van der Waals surface area contributed by atoms with Crippen LogP contribution in [0.5, 0.6) is 0 Å². The zero-order valence-corrected chi connectivity index (χ0v) is 6.27. The Morgan fingerprint density at radius 3 is 1.88 bits per heavy atom. The average Bonchev–Trinajstić information content (AvgIpc) is 1.21. The number of rotatable bonds is 2. The number of alkyl halides is 2. The second-order valence-corrected chi connectivity index (χ2v) is 3.20. The van der Waals surface area contributed by atoms with Crippen molar-refractivity contribution in [1.29, 1.82) is 0 Å². The van der Waals surface area contributed by atoms with E-state index in [1.165, 1.54) is 9.24 Å². The van der Waals surface area contributed by atoms with Gasteiger partial charge in [-0.2, -0.15) is 0 Å². The lowest BCUT2D eigenvalue weighted by Gasteiger charge is -2.11. The Hall–Kier alpha value is 0.290. The van der Waals surface area contributed by atoms with Gasteiger partial charge in [0.1, 0.15) is 0 Å². The van der Waals surface area contributed by atoms with Crippen molar-refractivity contribution >= 4 is 9.24 Å². The maximum Gasteiger partial charge on any atom is 0.259 e. The minimum atomic E-state index is -2.56. The van der Waals surface area contributed by atoms with E-state index in [9.17, 15) is 8.78 Å². The van der Waals surface area contributed by atoms with E-state index >= 15 is 0 Å². The van der Waals surface area contributed by atoms with Crippen LogP contribution in [-0.2, 0) is 0 Å². The molecular formula is C5H11F2P. The molecule has 0 spiro atoms. The Bertz CT molecular complexity index is 65.3. The molecule has 1 atom stereocenters. The van der Waals surface area contributed by atoms with Gasteiger partial charge >= 0.3 is 0 Å². The molecule has 0 rings (SSSR count). The van der Waals surface area contributed by atoms with E-state index < -0.39 is 5.66 Å². The van der Waals surface area contributed by atoms with Crippen LogP contribution in [0, 0.1) is 5.92 Å². The second-order valence-electron chi connectivity index (χ2n) is 2.36. The van der Waals surface area contributed by atoms with E-state index in [0.717, 1.165) is 0 Å². The van der Waals surface area contributed by atoms with E-state index in [1.807, 2.05) is 0 Å². The molecule has 0 aromatic rings. The monoisotopic (exact) mass is 140 g/mol. The smallest absolute Gasteiger partial charge is 0.203 e. The summed E-state index contributed by atoms with van der Waals surface area (Å²) in [6.45, 7) is 3.55. The third-order valence-corrected chi connectivity index (χ3v) is 0.916. The molecule has 0 fully saturated rings. The average molecular weight is 140 g/mol. The molecule has 0 radical (unpaired) electrons. The summed E-state index contributed by atoms with van der Waals surface area (Å²) in [7, 11) is 1.53. The molecule has 0 N–H and O–H groups in total. The molecule has 8 heavy (non-hydrogen) atoms. The van der Waals surface area contributed by atoms with E-state index in [-0.39, 0.29) is 12.3 Å². The molecule has 0 saturated heterocycles. The Labute approximate surface area is 50.9 Å². The molecule has 0 saturated carbocycles. The largest absolute Gasteiger partial charge is 0.259 e. The topological polar surface area (TPSA) is 0 Å². The fourth-order valence-electron chi connectivity index (χ4n) is 0.544. The highest BCUT2D eigenvalue weighted by atomic mass is 31.0. The molecule has 0 nitrogen and oxygen atoms in total. The lowest BCUT2D eigenvalue weighted by Crippen LogP contribution is -2.08. The fourth-order valence-corrected chi connectivity index (χ4v) is 1.02. The Morgan fingerprint density at radius 2 is 1.88 bits per heavy atom. The lowest BCUT2D eigenvalue weighted by molar-refractivity contribution is 0.0797. The lowest BCUT2D eigenvalue weighted by atomic mass is 10.1. The van der Waals surface area contributed by atoms with Crippen LogP contribution in [0.25, 0.3) is 0 Å². The minimum absolute atomic E-state index is 0.0440. The predicted molar refractivity (Wildman–Crippen MR) is 34.1 cm³/mol. The first-order valence-corrected chi connectivity index (χ1v) is 3.16. The molecule has 0 aliphatic carbocycles. The molecule has 0 heterocycles. The van der Waals surface area contributed by atoms with Gasteiger partial charge in [-0.1, -0.05) is 23.1 Å². The number of hydrogen-bond donors (Lipinski definition) is 0. The molecule has 50 valence electrons. The number of hydrogen-bond acceptors (Lipinski definition) is 0. The third kappa shape index (κ3) is 6.29. The maximum atomic E-state index is 11.9. The summed E-state index contributed by atoms with van der Waals surface area (Å²) in [5.41, 5.74) is -2.56. The highest BCUT2D eigenvalue weighted by Crippen LogP contribution is 2.29. The minimum Gasteiger partial charge on any atom is -0.203 e. The van der Waals surface area contributed by atoms with Gasteiger partial charge < -0.3 is 0 Å². The van der Waals surface area contributed by atoms with Crippen molar-refractivity contribution in [1.82, 2.24) is 0 Å². The summed E-state index contributed by atoms with van der Waals surface area (Å²) in [5.74, 6) is 0.0718. The van der Waals surface area contributed by atoms with Crippen molar-refractivity contribution in [3.05, 3.63) is 0 Å².